The van der Waals surface area contributed by atoms with Gasteiger partial charge in [0.2, 0.25) is 5.79 Å². The summed E-state index contributed by atoms with van der Waals surface area (Å²) in [7, 11) is 0. The largest absolute Gasteiger partial charge is 0.478 e. The lowest BCUT2D eigenvalue weighted by Crippen LogP contribution is -2.33. The molecule has 4 nitrogen and oxygen atoms in total. The third kappa shape index (κ3) is 0.848. The van der Waals surface area contributed by atoms with Crippen molar-refractivity contribution in [3.05, 3.63) is 24.0 Å². The zero-order chi connectivity index (χ0) is 8.60. The minimum atomic E-state index is -1.02. The fourth-order valence-electron chi connectivity index (χ4n) is 1.42. The molecule has 0 aromatic heterocycles. The molecule has 0 amide bonds. The highest BCUT2D eigenvalue weighted by Gasteiger charge is 2.45. The Morgan fingerprint density at radius 2 is 2.50 bits per heavy atom. The Morgan fingerprint density at radius 1 is 1.67 bits per heavy atom. The van der Waals surface area contributed by atoms with Crippen molar-refractivity contribution in [1.82, 2.24) is 0 Å². The van der Waals surface area contributed by atoms with Crippen LogP contribution >= 0.6 is 0 Å². The summed E-state index contributed by atoms with van der Waals surface area (Å²) in [6, 6.07) is 0. The lowest BCUT2D eigenvalue weighted by atomic mass is 10.1. The molecule has 0 aromatic rings. The van der Waals surface area contributed by atoms with Gasteiger partial charge in [0.15, 0.2) is 0 Å². The van der Waals surface area contributed by atoms with Gasteiger partial charge in [-0.05, 0) is 12.2 Å². The van der Waals surface area contributed by atoms with Crippen LogP contribution in [-0.4, -0.2) is 23.5 Å². The first kappa shape index (κ1) is 7.36. The molecule has 0 aromatic carbocycles. The molecule has 1 atom stereocenters. The maximum absolute atomic E-state index is 10.7. The van der Waals surface area contributed by atoms with E-state index in [4.69, 9.17) is 14.6 Å². The fourth-order valence-corrected chi connectivity index (χ4v) is 1.42. The molecule has 0 radical (unpaired) electrons. The summed E-state index contributed by atoms with van der Waals surface area (Å²) in [5.41, 5.74) is 0.201. The van der Waals surface area contributed by atoms with Crippen LogP contribution in [0.5, 0.6) is 0 Å². The molecule has 64 valence electrons. The van der Waals surface area contributed by atoms with Crippen molar-refractivity contribution >= 4 is 5.97 Å². The van der Waals surface area contributed by atoms with E-state index in [9.17, 15) is 4.79 Å². The maximum Gasteiger partial charge on any atom is 0.338 e. The normalized spacial score (nSPS) is 32.2. The lowest BCUT2D eigenvalue weighted by molar-refractivity contribution is -0.160. The van der Waals surface area contributed by atoms with Crippen molar-refractivity contribution < 1.29 is 19.4 Å². The van der Waals surface area contributed by atoms with Gasteiger partial charge in [0.1, 0.15) is 5.57 Å². The minimum Gasteiger partial charge on any atom is -0.478 e. The number of rotatable bonds is 1. The van der Waals surface area contributed by atoms with Gasteiger partial charge in [0, 0.05) is 6.42 Å². The molecule has 0 saturated heterocycles. The maximum atomic E-state index is 10.7. The monoisotopic (exact) mass is 168 g/mol. The van der Waals surface area contributed by atoms with Crippen molar-refractivity contribution in [2.24, 2.45) is 0 Å². The Kier molecular flexibility index (Phi) is 1.44. The van der Waals surface area contributed by atoms with E-state index in [-0.39, 0.29) is 5.57 Å². The van der Waals surface area contributed by atoms with Crippen LogP contribution in [0.15, 0.2) is 24.0 Å². The Balaban J connectivity index is 2.28. The first-order valence-electron chi connectivity index (χ1n) is 3.65. The van der Waals surface area contributed by atoms with Gasteiger partial charge < -0.3 is 14.6 Å². The second-order valence-corrected chi connectivity index (χ2v) is 2.68. The van der Waals surface area contributed by atoms with E-state index in [1.54, 1.807) is 6.08 Å². The highest BCUT2D eigenvalue weighted by Crippen LogP contribution is 2.36. The summed E-state index contributed by atoms with van der Waals surface area (Å²) >= 11 is 0. The zero-order valence-electron chi connectivity index (χ0n) is 6.32. The number of ether oxygens (including phenoxy) is 2. The van der Waals surface area contributed by atoms with Crippen LogP contribution in [0.25, 0.3) is 0 Å². The number of carbonyl (C=O) groups is 1. The molecule has 12 heavy (non-hydrogen) atoms. The molecule has 2 heterocycles. The van der Waals surface area contributed by atoms with Crippen LogP contribution < -0.4 is 0 Å². The van der Waals surface area contributed by atoms with Crippen LogP contribution in [-0.2, 0) is 14.3 Å². The third-order valence-electron chi connectivity index (χ3n) is 1.99. The van der Waals surface area contributed by atoms with Crippen LogP contribution in [0.1, 0.15) is 6.42 Å². The Bertz CT molecular complexity index is 269. The van der Waals surface area contributed by atoms with Gasteiger partial charge in [-0.25, -0.2) is 4.79 Å². The number of carboxylic acid groups (broad SMARTS) is 1. The van der Waals surface area contributed by atoms with Gasteiger partial charge in [-0.2, -0.15) is 0 Å². The topological polar surface area (TPSA) is 55.8 Å². The van der Waals surface area contributed by atoms with E-state index >= 15 is 0 Å². The van der Waals surface area contributed by atoms with Gasteiger partial charge in [0.25, 0.3) is 0 Å². The summed E-state index contributed by atoms with van der Waals surface area (Å²) in [5, 5.41) is 8.78. The molecule has 2 rings (SSSR count). The summed E-state index contributed by atoms with van der Waals surface area (Å²) < 4.78 is 10.3. The Hall–Kier alpha value is -1.29. The predicted molar refractivity (Wildman–Crippen MR) is 39.2 cm³/mol. The van der Waals surface area contributed by atoms with Gasteiger partial charge in [-0.3, -0.25) is 0 Å². The van der Waals surface area contributed by atoms with Gasteiger partial charge in [0.05, 0.1) is 12.9 Å². The molecule has 0 saturated carbocycles. The molecule has 1 unspecified atom stereocenters. The second kappa shape index (κ2) is 2.35. The first-order chi connectivity index (χ1) is 5.75. The van der Waals surface area contributed by atoms with Crippen molar-refractivity contribution in [2.45, 2.75) is 12.2 Å². The van der Waals surface area contributed by atoms with Crippen LogP contribution in [0.2, 0.25) is 0 Å². The van der Waals surface area contributed by atoms with Crippen molar-refractivity contribution in [3.63, 3.8) is 0 Å². The first-order valence-corrected chi connectivity index (χ1v) is 3.65. The molecule has 0 aliphatic carbocycles. The summed E-state index contributed by atoms with van der Waals surface area (Å²) in [4.78, 5) is 10.7. The van der Waals surface area contributed by atoms with Gasteiger partial charge in [-0.15, -0.1) is 0 Å². The summed E-state index contributed by atoms with van der Waals surface area (Å²) in [6.45, 7) is 0.309. The molecular formula is C8H8O4. The van der Waals surface area contributed by atoms with E-state index in [1.807, 2.05) is 0 Å². The number of hydrogen-bond acceptors (Lipinski definition) is 3. The standard InChI is InChI=1S/C8H8O4/c9-7(10)6-2-5-12-8(6)3-1-4-11-8/h1-2,4H,3,5H2,(H,9,10). The average molecular weight is 168 g/mol. The highest BCUT2D eigenvalue weighted by molar-refractivity contribution is 5.89. The quantitative estimate of drug-likeness (QED) is 0.624. The molecule has 4 heteroatoms. The lowest BCUT2D eigenvalue weighted by Gasteiger charge is -2.23. The molecule has 2 aliphatic heterocycles. The van der Waals surface area contributed by atoms with Gasteiger partial charge in [-0.1, -0.05) is 0 Å². The zero-order valence-corrected chi connectivity index (χ0v) is 6.32. The SMILES string of the molecule is O=C(O)C1=CCOC12CC=CO2. The van der Waals surface area contributed by atoms with E-state index in [1.165, 1.54) is 12.3 Å². The smallest absolute Gasteiger partial charge is 0.338 e. The van der Waals surface area contributed by atoms with Crippen molar-refractivity contribution in [2.75, 3.05) is 6.61 Å². The van der Waals surface area contributed by atoms with E-state index in [0.29, 0.717) is 13.0 Å². The molecule has 1 N–H and O–H groups in total. The molecule has 0 bridgehead atoms. The molecule has 0 fully saturated rings. The van der Waals surface area contributed by atoms with E-state index in [2.05, 4.69) is 0 Å². The summed E-state index contributed by atoms with van der Waals surface area (Å²) in [6.07, 6.45) is 5.24. The minimum absolute atomic E-state index is 0.201. The second-order valence-electron chi connectivity index (χ2n) is 2.68. The predicted octanol–water partition coefficient (Wildman–Crippen LogP) is 0.658. The van der Waals surface area contributed by atoms with Crippen molar-refractivity contribution in [3.8, 4) is 0 Å². The van der Waals surface area contributed by atoms with Crippen LogP contribution in [0, 0.1) is 0 Å². The van der Waals surface area contributed by atoms with Gasteiger partial charge >= 0.3 is 5.97 Å². The number of carboxylic acids is 1. The van der Waals surface area contributed by atoms with Crippen molar-refractivity contribution in [1.29, 1.82) is 0 Å². The number of hydrogen-bond donors (Lipinski definition) is 1. The van der Waals surface area contributed by atoms with Crippen LogP contribution in [0.4, 0.5) is 0 Å². The summed E-state index contributed by atoms with van der Waals surface area (Å²) in [5.74, 6) is -2.00. The van der Waals surface area contributed by atoms with E-state index in [0.717, 1.165) is 0 Å². The highest BCUT2D eigenvalue weighted by atomic mass is 16.7. The Morgan fingerprint density at radius 3 is 3.08 bits per heavy atom. The molecular weight excluding hydrogens is 160 g/mol. The molecule has 1 spiro atoms. The number of aliphatic carboxylic acids is 1. The Labute approximate surface area is 69.1 Å². The van der Waals surface area contributed by atoms with E-state index < -0.39 is 11.8 Å². The van der Waals surface area contributed by atoms with Crippen LogP contribution in [0.3, 0.4) is 0 Å². The fraction of sp³-hybridized carbons (Fsp3) is 0.375. The third-order valence-corrected chi connectivity index (χ3v) is 1.99. The molecule has 2 aliphatic rings. The average Bonchev–Trinajstić information content (AvgIpc) is 2.61.